The van der Waals surface area contributed by atoms with Crippen molar-refractivity contribution >= 4 is 5.69 Å². The smallest absolute Gasteiger partial charge is 0.146 e. The third-order valence-corrected chi connectivity index (χ3v) is 4.14. The van der Waals surface area contributed by atoms with Crippen LogP contribution in [0.25, 0.3) is 0 Å². The second-order valence-electron chi connectivity index (χ2n) is 5.61. The van der Waals surface area contributed by atoms with Gasteiger partial charge in [-0.3, -0.25) is 0 Å². The highest BCUT2D eigenvalue weighted by Gasteiger charge is 2.32. The molecule has 1 aromatic carbocycles. The van der Waals surface area contributed by atoms with Gasteiger partial charge >= 0.3 is 0 Å². The minimum Gasteiger partial charge on any atom is -0.383 e. The van der Waals surface area contributed by atoms with Crippen molar-refractivity contribution in [3.63, 3.8) is 0 Å². The lowest BCUT2D eigenvalue weighted by molar-refractivity contribution is 0.199. The SMILES string of the molecule is COCCNCc1cccc(F)c1N(C)C(C)C1CC1. The van der Waals surface area contributed by atoms with Crippen LogP contribution in [0.5, 0.6) is 0 Å². The maximum absolute atomic E-state index is 14.2. The summed E-state index contributed by atoms with van der Waals surface area (Å²) in [5.41, 5.74) is 1.74. The van der Waals surface area contributed by atoms with Crippen LogP contribution in [0.2, 0.25) is 0 Å². The van der Waals surface area contributed by atoms with E-state index in [-0.39, 0.29) is 5.82 Å². The lowest BCUT2D eigenvalue weighted by Gasteiger charge is -2.29. The number of ether oxygens (including phenoxy) is 1. The fourth-order valence-electron chi connectivity index (χ4n) is 2.59. The summed E-state index contributed by atoms with van der Waals surface area (Å²) in [6.07, 6.45) is 2.53. The maximum atomic E-state index is 14.2. The van der Waals surface area contributed by atoms with E-state index in [1.54, 1.807) is 19.2 Å². The topological polar surface area (TPSA) is 24.5 Å². The molecule has 1 saturated carbocycles. The Labute approximate surface area is 121 Å². The molecule has 0 aliphatic heterocycles. The third kappa shape index (κ3) is 3.70. The van der Waals surface area contributed by atoms with E-state index in [0.717, 1.165) is 17.8 Å². The highest BCUT2D eigenvalue weighted by molar-refractivity contribution is 5.55. The van der Waals surface area contributed by atoms with Crippen molar-refractivity contribution in [3.05, 3.63) is 29.6 Å². The van der Waals surface area contributed by atoms with Crippen LogP contribution in [-0.2, 0) is 11.3 Å². The Balaban J connectivity index is 2.08. The van der Waals surface area contributed by atoms with Gasteiger partial charge in [-0.15, -0.1) is 0 Å². The summed E-state index contributed by atoms with van der Waals surface area (Å²) in [6.45, 7) is 4.29. The van der Waals surface area contributed by atoms with Gasteiger partial charge in [0.1, 0.15) is 5.82 Å². The molecule has 0 radical (unpaired) electrons. The van der Waals surface area contributed by atoms with Gasteiger partial charge < -0.3 is 15.0 Å². The summed E-state index contributed by atoms with van der Waals surface area (Å²) in [5, 5.41) is 3.29. The van der Waals surface area contributed by atoms with Crippen LogP contribution in [0.1, 0.15) is 25.3 Å². The van der Waals surface area contributed by atoms with Crippen molar-refractivity contribution < 1.29 is 9.13 Å². The predicted octanol–water partition coefficient (Wildman–Crippen LogP) is 2.80. The quantitative estimate of drug-likeness (QED) is 0.741. The van der Waals surface area contributed by atoms with Crippen LogP contribution < -0.4 is 10.2 Å². The van der Waals surface area contributed by atoms with Crippen LogP contribution in [0.4, 0.5) is 10.1 Å². The number of nitrogens with zero attached hydrogens (tertiary/aromatic N) is 1. The summed E-state index contributed by atoms with van der Waals surface area (Å²) in [6, 6.07) is 5.71. The second kappa shape index (κ2) is 7.04. The fraction of sp³-hybridized carbons (Fsp3) is 0.625. The molecule has 0 heterocycles. The van der Waals surface area contributed by atoms with Gasteiger partial charge in [0.05, 0.1) is 12.3 Å². The number of anilines is 1. The molecule has 3 nitrogen and oxygen atoms in total. The van der Waals surface area contributed by atoms with Crippen molar-refractivity contribution in [1.29, 1.82) is 0 Å². The number of para-hydroxylation sites is 1. The van der Waals surface area contributed by atoms with E-state index < -0.39 is 0 Å². The highest BCUT2D eigenvalue weighted by Crippen LogP contribution is 2.37. The van der Waals surface area contributed by atoms with E-state index in [9.17, 15) is 4.39 Å². The first kappa shape index (κ1) is 15.3. The predicted molar refractivity (Wildman–Crippen MR) is 80.6 cm³/mol. The molecule has 0 saturated heterocycles. The van der Waals surface area contributed by atoms with Gasteiger partial charge in [-0.2, -0.15) is 0 Å². The van der Waals surface area contributed by atoms with Crippen LogP contribution in [0.15, 0.2) is 18.2 Å². The molecular weight excluding hydrogens is 255 g/mol. The largest absolute Gasteiger partial charge is 0.383 e. The molecule has 1 aromatic rings. The van der Waals surface area contributed by atoms with Gasteiger partial charge in [-0.05, 0) is 37.3 Å². The first-order chi connectivity index (χ1) is 9.65. The lowest BCUT2D eigenvalue weighted by Crippen LogP contribution is -2.33. The molecule has 1 N–H and O–H groups in total. The molecule has 1 atom stereocenters. The number of benzene rings is 1. The van der Waals surface area contributed by atoms with E-state index in [0.29, 0.717) is 25.1 Å². The van der Waals surface area contributed by atoms with Gasteiger partial charge in [-0.25, -0.2) is 4.39 Å². The summed E-state index contributed by atoms with van der Waals surface area (Å²) in [5.74, 6) is 0.583. The summed E-state index contributed by atoms with van der Waals surface area (Å²) < 4.78 is 19.2. The Hall–Kier alpha value is -1.13. The van der Waals surface area contributed by atoms with E-state index in [2.05, 4.69) is 17.1 Å². The van der Waals surface area contributed by atoms with Gasteiger partial charge in [-0.1, -0.05) is 12.1 Å². The third-order valence-electron chi connectivity index (χ3n) is 4.14. The average Bonchev–Trinajstić information content (AvgIpc) is 3.27. The van der Waals surface area contributed by atoms with Crippen molar-refractivity contribution in [2.75, 3.05) is 32.2 Å². The molecule has 1 fully saturated rings. The minimum absolute atomic E-state index is 0.133. The van der Waals surface area contributed by atoms with Crippen LogP contribution >= 0.6 is 0 Å². The minimum atomic E-state index is -0.133. The van der Waals surface area contributed by atoms with Crippen LogP contribution in [-0.4, -0.2) is 33.4 Å². The van der Waals surface area contributed by atoms with E-state index in [4.69, 9.17) is 4.74 Å². The molecule has 1 aliphatic carbocycles. The van der Waals surface area contributed by atoms with Crippen molar-refractivity contribution in [3.8, 4) is 0 Å². The van der Waals surface area contributed by atoms with Crippen molar-refractivity contribution in [1.82, 2.24) is 5.32 Å². The monoisotopic (exact) mass is 280 g/mol. The van der Waals surface area contributed by atoms with Gasteiger partial charge in [0.2, 0.25) is 0 Å². The molecular formula is C16H25FN2O. The molecule has 20 heavy (non-hydrogen) atoms. The van der Waals surface area contributed by atoms with Gasteiger partial charge in [0.25, 0.3) is 0 Å². The molecule has 112 valence electrons. The van der Waals surface area contributed by atoms with Gasteiger partial charge in [0.15, 0.2) is 0 Å². The van der Waals surface area contributed by atoms with Crippen molar-refractivity contribution in [2.24, 2.45) is 5.92 Å². The number of hydrogen-bond donors (Lipinski definition) is 1. The van der Waals surface area contributed by atoms with Crippen molar-refractivity contribution in [2.45, 2.75) is 32.4 Å². The maximum Gasteiger partial charge on any atom is 0.146 e. The fourth-order valence-corrected chi connectivity index (χ4v) is 2.59. The number of hydrogen-bond acceptors (Lipinski definition) is 3. The molecule has 0 aromatic heterocycles. The zero-order chi connectivity index (χ0) is 14.5. The normalized spacial score (nSPS) is 16.2. The summed E-state index contributed by atoms with van der Waals surface area (Å²) >= 11 is 0. The Morgan fingerprint density at radius 3 is 2.85 bits per heavy atom. The van der Waals surface area contributed by atoms with Crippen LogP contribution in [0.3, 0.4) is 0 Å². The number of rotatable bonds is 8. The number of methoxy groups -OCH3 is 1. The molecule has 0 amide bonds. The second-order valence-corrected chi connectivity index (χ2v) is 5.61. The van der Waals surface area contributed by atoms with E-state index in [1.807, 2.05) is 13.1 Å². The molecule has 4 heteroatoms. The zero-order valence-electron chi connectivity index (χ0n) is 12.7. The lowest BCUT2D eigenvalue weighted by atomic mass is 10.1. The Bertz CT molecular complexity index is 434. The standard InChI is InChI=1S/C16H25FN2O/c1-12(13-7-8-13)19(2)16-14(5-4-6-15(16)17)11-18-9-10-20-3/h4-6,12-13,18H,7-11H2,1-3H3. The Morgan fingerprint density at radius 1 is 1.45 bits per heavy atom. The average molecular weight is 280 g/mol. The molecule has 1 unspecified atom stereocenters. The van der Waals surface area contributed by atoms with E-state index in [1.165, 1.54) is 12.8 Å². The van der Waals surface area contributed by atoms with Gasteiger partial charge in [0, 0.05) is 33.3 Å². The van der Waals surface area contributed by atoms with Crippen LogP contribution in [0, 0.1) is 11.7 Å². The number of halogens is 1. The molecule has 2 rings (SSSR count). The molecule has 1 aliphatic rings. The zero-order valence-corrected chi connectivity index (χ0v) is 12.7. The first-order valence-electron chi connectivity index (χ1n) is 7.35. The van der Waals surface area contributed by atoms with E-state index >= 15 is 0 Å². The highest BCUT2D eigenvalue weighted by atomic mass is 19.1. The Morgan fingerprint density at radius 2 is 2.20 bits per heavy atom. The molecule has 0 bridgehead atoms. The summed E-state index contributed by atoms with van der Waals surface area (Å²) in [4.78, 5) is 2.10. The first-order valence-corrected chi connectivity index (χ1v) is 7.35. The Kier molecular flexibility index (Phi) is 5.38. The molecule has 0 spiro atoms. The number of nitrogens with one attached hydrogen (secondary N) is 1. The summed E-state index contributed by atoms with van der Waals surface area (Å²) in [7, 11) is 3.68.